The highest BCUT2D eigenvalue weighted by Gasteiger charge is 2.31. The third-order valence-electron chi connectivity index (χ3n) is 2.37. The van der Waals surface area contributed by atoms with Crippen LogP contribution in [0.1, 0.15) is 6.92 Å². The molecule has 2 rings (SSSR count). The van der Waals surface area contributed by atoms with Crippen molar-refractivity contribution in [1.82, 2.24) is 10.3 Å². The summed E-state index contributed by atoms with van der Waals surface area (Å²) in [6.45, 7) is 1.75. The minimum absolute atomic E-state index is 0.0536. The van der Waals surface area contributed by atoms with E-state index < -0.39 is 6.04 Å². The van der Waals surface area contributed by atoms with Gasteiger partial charge in [0.25, 0.3) is 0 Å². The van der Waals surface area contributed by atoms with Gasteiger partial charge in [0, 0.05) is 6.20 Å². The molecule has 5 heteroatoms. The normalized spacial score (nSPS) is 21.4. The summed E-state index contributed by atoms with van der Waals surface area (Å²) in [7, 11) is 0. The number of pyridine rings is 1. The molecule has 2 amide bonds. The summed E-state index contributed by atoms with van der Waals surface area (Å²) >= 11 is 0. The quantitative estimate of drug-likeness (QED) is 0.698. The Hall–Kier alpha value is -1.91. The number of aromatic nitrogens is 1. The van der Waals surface area contributed by atoms with Gasteiger partial charge in [0.2, 0.25) is 11.8 Å². The second kappa shape index (κ2) is 3.68. The molecule has 1 saturated heterocycles. The molecule has 1 aliphatic heterocycles. The molecular formula is C10H11N3O2. The smallest absolute Gasteiger partial charge is 0.247 e. The molecule has 0 radical (unpaired) electrons. The largest absolute Gasteiger partial charge is 0.345 e. The lowest BCUT2D eigenvalue weighted by Gasteiger charge is -2.32. The highest BCUT2D eigenvalue weighted by atomic mass is 16.2. The molecule has 15 heavy (non-hydrogen) atoms. The summed E-state index contributed by atoms with van der Waals surface area (Å²) in [6, 6.07) is 3.03. The maximum Gasteiger partial charge on any atom is 0.247 e. The van der Waals surface area contributed by atoms with Crippen molar-refractivity contribution in [3.8, 4) is 0 Å². The number of hydrogen-bond acceptors (Lipinski definition) is 3. The second-order valence-corrected chi connectivity index (χ2v) is 3.37. The van der Waals surface area contributed by atoms with Crippen LogP contribution in [0.25, 0.3) is 0 Å². The van der Waals surface area contributed by atoms with Crippen LogP contribution < -0.4 is 10.2 Å². The Balaban J connectivity index is 2.33. The van der Waals surface area contributed by atoms with Gasteiger partial charge in [-0.15, -0.1) is 0 Å². The van der Waals surface area contributed by atoms with E-state index in [1.165, 1.54) is 4.90 Å². The van der Waals surface area contributed by atoms with Crippen molar-refractivity contribution in [1.29, 1.82) is 0 Å². The fraction of sp³-hybridized carbons (Fsp3) is 0.300. The van der Waals surface area contributed by atoms with Crippen molar-refractivity contribution >= 4 is 17.5 Å². The first-order valence-electron chi connectivity index (χ1n) is 4.70. The molecule has 0 aromatic carbocycles. The maximum absolute atomic E-state index is 11.6. The Kier molecular flexibility index (Phi) is 2.37. The SMILES string of the molecule is CC1C(=O)NCC(=O)N1c1cccnc1. The van der Waals surface area contributed by atoms with E-state index in [-0.39, 0.29) is 18.4 Å². The van der Waals surface area contributed by atoms with E-state index in [1.807, 2.05) is 0 Å². The van der Waals surface area contributed by atoms with Crippen LogP contribution in [0, 0.1) is 0 Å². The number of hydrogen-bond donors (Lipinski definition) is 1. The van der Waals surface area contributed by atoms with Gasteiger partial charge in [-0.1, -0.05) is 0 Å². The third-order valence-corrected chi connectivity index (χ3v) is 2.37. The predicted molar refractivity (Wildman–Crippen MR) is 54.2 cm³/mol. The van der Waals surface area contributed by atoms with Crippen LogP contribution in [-0.4, -0.2) is 29.4 Å². The van der Waals surface area contributed by atoms with Gasteiger partial charge in [-0.2, -0.15) is 0 Å². The van der Waals surface area contributed by atoms with E-state index >= 15 is 0 Å². The Morgan fingerprint density at radius 2 is 2.33 bits per heavy atom. The lowest BCUT2D eigenvalue weighted by molar-refractivity contribution is -0.130. The van der Waals surface area contributed by atoms with Gasteiger partial charge < -0.3 is 5.32 Å². The average Bonchev–Trinajstić information content (AvgIpc) is 2.26. The molecule has 1 aromatic rings. The van der Waals surface area contributed by atoms with E-state index in [2.05, 4.69) is 10.3 Å². The van der Waals surface area contributed by atoms with Gasteiger partial charge >= 0.3 is 0 Å². The maximum atomic E-state index is 11.6. The first kappa shape index (κ1) is 9.64. The number of anilines is 1. The van der Waals surface area contributed by atoms with E-state index in [1.54, 1.807) is 31.5 Å². The standard InChI is InChI=1S/C10H11N3O2/c1-7-10(15)12-6-9(14)13(7)8-3-2-4-11-5-8/h2-5,7H,6H2,1H3,(H,12,15). The molecule has 1 fully saturated rings. The van der Waals surface area contributed by atoms with Crippen LogP contribution in [0.3, 0.4) is 0 Å². The molecule has 0 saturated carbocycles. The molecule has 78 valence electrons. The molecule has 1 aliphatic rings. The minimum atomic E-state index is -0.476. The van der Waals surface area contributed by atoms with Crippen LogP contribution in [-0.2, 0) is 9.59 Å². The van der Waals surface area contributed by atoms with Crippen LogP contribution in [0.5, 0.6) is 0 Å². The van der Waals surface area contributed by atoms with Gasteiger partial charge in [0.1, 0.15) is 6.04 Å². The zero-order valence-electron chi connectivity index (χ0n) is 8.30. The van der Waals surface area contributed by atoms with Gasteiger partial charge in [0.15, 0.2) is 0 Å². The van der Waals surface area contributed by atoms with Crippen LogP contribution in [0.4, 0.5) is 5.69 Å². The zero-order chi connectivity index (χ0) is 10.8. The number of piperazine rings is 1. The fourth-order valence-corrected chi connectivity index (χ4v) is 1.59. The Morgan fingerprint density at radius 3 is 3.00 bits per heavy atom. The molecule has 1 atom stereocenters. The fourth-order valence-electron chi connectivity index (χ4n) is 1.59. The Bertz CT molecular complexity index is 391. The van der Waals surface area contributed by atoms with E-state index in [4.69, 9.17) is 0 Å². The summed E-state index contributed by atoms with van der Waals surface area (Å²) in [6.07, 6.45) is 3.20. The van der Waals surface area contributed by atoms with Gasteiger partial charge in [-0.25, -0.2) is 0 Å². The van der Waals surface area contributed by atoms with Crippen molar-refractivity contribution in [3.63, 3.8) is 0 Å². The first-order chi connectivity index (χ1) is 7.20. The lowest BCUT2D eigenvalue weighted by Crippen LogP contribution is -2.57. The van der Waals surface area contributed by atoms with E-state index in [0.717, 1.165) is 0 Å². The molecule has 1 N–H and O–H groups in total. The summed E-state index contributed by atoms with van der Waals surface area (Å²) < 4.78 is 0. The molecule has 5 nitrogen and oxygen atoms in total. The topological polar surface area (TPSA) is 62.3 Å². The summed E-state index contributed by atoms with van der Waals surface area (Å²) in [4.78, 5) is 28.4. The average molecular weight is 205 g/mol. The highest BCUT2D eigenvalue weighted by molar-refractivity contribution is 6.06. The van der Waals surface area contributed by atoms with Gasteiger partial charge in [-0.3, -0.25) is 19.5 Å². The van der Waals surface area contributed by atoms with Crippen LogP contribution in [0.2, 0.25) is 0 Å². The number of amides is 2. The number of carbonyl (C=O) groups excluding carboxylic acids is 2. The third kappa shape index (κ3) is 1.68. The molecule has 0 bridgehead atoms. The molecule has 1 aromatic heterocycles. The monoisotopic (exact) mass is 205 g/mol. The lowest BCUT2D eigenvalue weighted by atomic mass is 10.2. The number of carbonyl (C=O) groups is 2. The number of nitrogens with one attached hydrogen (secondary N) is 1. The van der Waals surface area contributed by atoms with Crippen molar-refractivity contribution in [2.24, 2.45) is 0 Å². The van der Waals surface area contributed by atoms with Crippen molar-refractivity contribution in [2.45, 2.75) is 13.0 Å². The zero-order valence-corrected chi connectivity index (χ0v) is 8.30. The molecule has 0 aliphatic carbocycles. The van der Waals surface area contributed by atoms with Crippen LogP contribution >= 0.6 is 0 Å². The number of nitrogens with zero attached hydrogens (tertiary/aromatic N) is 2. The molecule has 1 unspecified atom stereocenters. The second-order valence-electron chi connectivity index (χ2n) is 3.37. The predicted octanol–water partition coefficient (Wildman–Crippen LogP) is -0.0671. The number of rotatable bonds is 1. The summed E-state index contributed by atoms with van der Waals surface area (Å²) in [5, 5.41) is 2.53. The van der Waals surface area contributed by atoms with Gasteiger partial charge in [-0.05, 0) is 19.1 Å². The van der Waals surface area contributed by atoms with Crippen molar-refractivity contribution in [3.05, 3.63) is 24.5 Å². The van der Waals surface area contributed by atoms with Crippen LogP contribution in [0.15, 0.2) is 24.5 Å². The van der Waals surface area contributed by atoms with E-state index in [9.17, 15) is 9.59 Å². The van der Waals surface area contributed by atoms with Gasteiger partial charge in [0.05, 0.1) is 18.4 Å². The summed E-state index contributed by atoms with van der Waals surface area (Å²) in [5.74, 6) is -0.256. The molecule has 0 spiro atoms. The Morgan fingerprint density at radius 1 is 1.53 bits per heavy atom. The molecular weight excluding hydrogens is 194 g/mol. The summed E-state index contributed by atoms with van der Waals surface area (Å²) in [5.41, 5.74) is 0.657. The van der Waals surface area contributed by atoms with Crippen molar-refractivity contribution in [2.75, 3.05) is 11.4 Å². The highest BCUT2D eigenvalue weighted by Crippen LogP contribution is 2.17. The molecule has 2 heterocycles. The Labute approximate surface area is 87.1 Å². The minimum Gasteiger partial charge on any atom is -0.345 e. The van der Waals surface area contributed by atoms with E-state index in [0.29, 0.717) is 5.69 Å². The first-order valence-corrected chi connectivity index (χ1v) is 4.70. The van der Waals surface area contributed by atoms with Crippen molar-refractivity contribution < 1.29 is 9.59 Å².